The summed E-state index contributed by atoms with van der Waals surface area (Å²) in [6.45, 7) is 0. The van der Waals surface area contributed by atoms with Crippen molar-refractivity contribution in [3.05, 3.63) is 63.8 Å². The first kappa shape index (κ1) is 11.9. The Morgan fingerprint density at radius 3 is 2.12 bits per heavy atom. The zero-order valence-electron chi connectivity index (χ0n) is 8.68. The van der Waals surface area contributed by atoms with Gasteiger partial charge in [-0.15, -0.1) is 0 Å². The van der Waals surface area contributed by atoms with E-state index in [1.54, 1.807) is 48.5 Å². The van der Waals surface area contributed by atoms with Crippen LogP contribution in [0.15, 0.2) is 53.6 Å². The molecule has 86 valence electrons. The average molecular weight is 267 g/mol. The van der Waals surface area contributed by atoms with Crippen molar-refractivity contribution in [2.45, 2.75) is 0 Å². The predicted octanol–water partition coefficient (Wildman–Crippen LogP) is 4.92. The molecule has 0 atom stereocenters. The number of para-hydroxylation sites is 1. The molecule has 0 aliphatic carbocycles. The Labute approximate surface area is 109 Å². The summed E-state index contributed by atoms with van der Waals surface area (Å²) in [5.74, 6) is 0. The first-order valence-corrected chi connectivity index (χ1v) is 5.62. The molecule has 0 aliphatic heterocycles. The molecule has 0 N–H and O–H groups in total. The summed E-state index contributed by atoms with van der Waals surface area (Å²) in [6, 6.07) is 13.5. The second-order valence-electron chi connectivity index (χ2n) is 3.28. The van der Waals surface area contributed by atoms with Gasteiger partial charge in [-0.3, -0.25) is 0 Å². The molecule has 17 heavy (non-hydrogen) atoms. The van der Waals surface area contributed by atoms with Crippen LogP contribution >= 0.6 is 23.2 Å². The van der Waals surface area contributed by atoms with Crippen LogP contribution < -0.4 is 0 Å². The minimum Gasteiger partial charge on any atom is -0.594 e. The molecule has 2 rings (SSSR count). The predicted molar refractivity (Wildman–Crippen MR) is 68.3 cm³/mol. The van der Waals surface area contributed by atoms with Gasteiger partial charge in [-0.05, 0) is 23.1 Å². The van der Waals surface area contributed by atoms with Gasteiger partial charge >= 0.3 is 0 Å². The summed E-state index contributed by atoms with van der Waals surface area (Å²) in [6.07, 6.45) is 0. The molecule has 0 bridgehead atoms. The summed E-state index contributed by atoms with van der Waals surface area (Å²) in [5.41, 5.74) is 0.693. The molecule has 0 saturated heterocycles. The maximum atomic E-state index is 11.8. The summed E-state index contributed by atoms with van der Waals surface area (Å²) in [4.78, 5) is 0.462. The van der Waals surface area contributed by atoms with Gasteiger partial charge in [-0.1, -0.05) is 47.5 Å². The zero-order valence-corrected chi connectivity index (χ0v) is 10.2. The topological polar surface area (TPSA) is 38.4 Å². The highest BCUT2D eigenvalue weighted by Crippen LogP contribution is 2.28. The summed E-state index contributed by atoms with van der Waals surface area (Å²) in [5, 5.41) is 16.4. The van der Waals surface area contributed by atoms with E-state index in [-0.39, 0.29) is 5.69 Å². The minimum atomic E-state index is 0.286. The van der Waals surface area contributed by atoms with Gasteiger partial charge in [-0.2, -0.15) is 0 Å². The van der Waals surface area contributed by atoms with Crippen LogP contribution in [0.3, 0.4) is 0 Å². The van der Waals surface area contributed by atoms with Gasteiger partial charge in [0.25, 0.3) is 5.69 Å². The van der Waals surface area contributed by atoms with E-state index in [1.165, 1.54) is 0 Å². The lowest BCUT2D eigenvalue weighted by Crippen LogP contribution is -1.91. The normalized spacial score (nSPS) is 11.5. The monoisotopic (exact) mass is 266 g/mol. The second-order valence-corrected chi connectivity index (χ2v) is 4.09. The van der Waals surface area contributed by atoms with Crippen molar-refractivity contribution < 1.29 is 4.86 Å². The number of azo groups is 1. The van der Waals surface area contributed by atoms with Gasteiger partial charge in [0.15, 0.2) is 5.69 Å². The highest BCUT2D eigenvalue weighted by Gasteiger charge is 2.10. The van der Waals surface area contributed by atoms with Crippen molar-refractivity contribution in [1.29, 1.82) is 0 Å². The largest absolute Gasteiger partial charge is 0.594 e. The summed E-state index contributed by atoms with van der Waals surface area (Å²) < 4.78 is 0. The Balaban J connectivity index is 2.42. The van der Waals surface area contributed by atoms with Crippen LogP contribution in [-0.2, 0) is 0 Å². The number of halogens is 2. The lowest BCUT2D eigenvalue weighted by molar-refractivity contribution is -0.435. The maximum absolute atomic E-state index is 11.8. The zero-order chi connectivity index (χ0) is 12.3. The van der Waals surface area contributed by atoms with E-state index in [9.17, 15) is 5.21 Å². The van der Waals surface area contributed by atoms with Crippen LogP contribution in [-0.4, -0.2) is 4.86 Å². The van der Waals surface area contributed by atoms with Crippen molar-refractivity contribution in [2.75, 3.05) is 0 Å². The Hall–Kier alpha value is -1.58. The molecule has 0 aliphatic rings. The molecule has 0 unspecified atom stereocenters. The Morgan fingerprint density at radius 1 is 0.882 bits per heavy atom. The highest BCUT2D eigenvalue weighted by molar-refractivity contribution is 6.33. The maximum Gasteiger partial charge on any atom is 0.263 e. The summed E-state index contributed by atoms with van der Waals surface area (Å²) in [7, 11) is 0. The molecule has 5 heteroatoms. The fourth-order valence-corrected chi connectivity index (χ4v) is 1.67. The first-order valence-electron chi connectivity index (χ1n) is 4.86. The van der Waals surface area contributed by atoms with Crippen LogP contribution in [0.1, 0.15) is 0 Å². The van der Waals surface area contributed by atoms with Crippen molar-refractivity contribution in [3.63, 3.8) is 0 Å². The van der Waals surface area contributed by atoms with E-state index in [4.69, 9.17) is 23.2 Å². The number of rotatable bonds is 2. The van der Waals surface area contributed by atoms with E-state index in [0.717, 1.165) is 0 Å². The number of hydrogen-bond donors (Lipinski definition) is 0. The third-order valence-electron chi connectivity index (χ3n) is 2.11. The van der Waals surface area contributed by atoms with Crippen LogP contribution in [0, 0.1) is 5.21 Å². The van der Waals surface area contributed by atoms with E-state index >= 15 is 0 Å². The Kier molecular flexibility index (Phi) is 3.61. The van der Waals surface area contributed by atoms with Crippen LogP contribution in [0.2, 0.25) is 10.0 Å². The van der Waals surface area contributed by atoms with Crippen LogP contribution in [0.4, 0.5) is 11.4 Å². The Morgan fingerprint density at radius 2 is 1.47 bits per heavy atom. The fourth-order valence-electron chi connectivity index (χ4n) is 1.29. The Bertz CT molecular complexity index is 570. The van der Waals surface area contributed by atoms with E-state index in [0.29, 0.717) is 20.6 Å². The molecule has 0 heterocycles. The molecule has 0 fully saturated rings. The molecule has 0 spiro atoms. The molecule has 0 amide bonds. The second kappa shape index (κ2) is 5.17. The highest BCUT2D eigenvalue weighted by atomic mass is 35.5. The first-order chi connectivity index (χ1) is 8.18. The molecule has 3 nitrogen and oxygen atoms in total. The van der Waals surface area contributed by atoms with Crippen molar-refractivity contribution in [1.82, 2.24) is 0 Å². The molecular weight excluding hydrogens is 259 g/mol. The number of nitrogens with zero attached hydrogens (tertiary/aromatic N) is 2. The molecular formula is C12H8Cl2N2O. The third-order valence-corrected chi connectivity index (χ3v) is 2.75. The fraction of sp³-hybridized carbons (Fsp3) is 0. The van der Waals surface area contributed by atoms with Gasteiger partial charge < -0.3 is 5.21 Å². The molecule has 0 radical (unpaired) electrons. The van der Waals surface area contributed by atoms with Crippen molar-refractivity contribution in [2.24, 2.45) is 5.11 Å². The smallest absolute Gasteiger partial charge is 0.263 e. The van der Waals surface area contributed by atoms with Gasteiger partial charge in [0, 0.05) is 11.2 Å². The summed E-state index contributed by atoms with van der Waals surface area (Å²) >= 11 is 11.8. The molecule has 2 aromatic rings. The van der Waals surface area contributed by atoms with Gasteiger partial charge in [0.05, 0.1) is 5.02 Å². The van der Waals surface area contributed by atoms with Crippen LogP contribution in [0.5, 0.6) is 0 Å². The SMILES string of the molecule is [O-][N+](=Nc1ccccc1Cl)c1ccccc1Cl. The van der Waals surface area contributed by atoms with E-state index in [2.05, 4.69) is 5.11 Å². The van der Waals surface area contributed by atoms with Gasteiger partial charge in [0.1, 0.15) is 5.02 Å². The molecule has 2 aromatic carbocycles. The number of benzene rings is 2. The average Bonchev–Trinajstić information content (AvgIpc) is 2.32. The quantitative estimate of drug-likeness (QED) is 0.432. The lowest BCUT2D eigenvalue weighted by Gasteiger charge is -2.01. The van der Waals surface area contributed by atoms with E-state index < -0.39 is 0 Å². The third kappa shape index (κ3) is 2.75. The molecule has 0 aromatic heterocycles. The van der Waals surface area contributed by atoms with Gasteiger partial charge in [0.2, 0.25) is 0 Å². The van der Waals surface area contributed by atoms with Gasteiger partial charge in [-0.25, -0.2) is 0 Å². The standard InChI is InChI=1S/C12H8Cl2N2O/c13-9-5-1-3-7-11(9)15-16(17)12-8-4-2-6-10(12)14/h1-8H. The van der Waals surface area contributed by atoms with E-state index in [1.807, 2.05) is 0 Å². The van der Waals surface area contributed by atoms with Crippen molar-refractivity contribution in [3.8, 4) is 0 Å². The minimum absolute atomic E-state index is 0.286. The lowest BCUT2D eigenvalue weighted by atomic mass is 10.3. The molecule has 0 saturated carbocycles. The number of hydrogen-bond acceptors (Lipinski definition) is 2. The van der Waals surface area contributed by atoms with Crippen LogP contribution in [0.25, 0.3) is 0 Å². The van der Waals surface area contributed by atoms with Crippen molar-refractivity contribution >= 4 is 34.6 Å².